The molecule has 0 radical (unpaired) electrons. The third-order valence-corrected chi connectivity index (χ3v) is 4.56. The molecule has 0 spiro atoms. The van der Waals surface area contributed by atoms with Crippen LogP contribution in [0.2, 0.25) is 5.02 Å². The SMILES string of the molecule is CC1CCC(CN)CN1C(C)c1ccccc1Cl. The number of hydrogen-bond acceptors (Lipinski definition) is 2. The zero-order chi connectivity index (χ0) is 13.1. The lowest BCUT2D eigenvalue weighted by Gasteiger charge is -2.41. The van der Waals surface area contributed by atoms with Crippen LogP contribution in [-0.4, -0.2) is 24.0 Å². The molecule has 3 heteroatoms. The number of halogens is 1. The molecule has 2 N–H and O–H groups in total. The molecule has 1 saturated heterocycles. The highest BCUT2D eigenvalue weighted by molar-refractivity contribution is 6.31. The highest BCUT2D eigenvalue weighted by Crippen LogP contribution is 2.33. The average Bonchev–Trinajstić information content (AvgIpc) is 2.39. The summed E-state index contributed by atoms with van der Waals surface area (Å²) in [7, 11) is 0. The number of benzene rings is 1. The Morgan fingerprint density at radius 1 is 1.39 bits per heavy atom. The lowest BCUT2D eigenvalue weighted by Crippen LogP contribution is -2.45. The Morgan fingerprint density at radius 2 is 2.11 bits per heavy atom. The zero-order valence-corrected chi connectivity index (χ0v) is 12.0. The van der Waals surface area contributed by atoms with Gasteiger partial charge in [0.1, 0.15) is 0 Å². The Morgan fingerprint density at radius 3 is 2.78 bits per heavy atom. The van der Waals surface area contributed by atoms with E-state index in [1.807, 2.05) is 12.1 Å². The van der Waals surface area contributed by atoms with Gasteiger partial charge >= 0.3 is 0 Å². The largest absolute Gasteiger partial charge is 0.330 e. The average molecular weight is 267 g/mol. The molecule has 100 valence electrons. The van der Waals surface area contributed by atoms with Crippen molar-refractivity contribution in [3.05, 3.63) is 34.9 Å². The zero-order valence-electron chi connectivity index (χ0n) is 11.3. The minimum Gasteiger partial charge on any atom is -0.330 e. The number of rotatable bonds is 3. The summed E-state index contributed by atoms with van der Waals surface area (Å²) >= 11 is 6.30. The van der Waals surface area contributed by atoms with Crippen LogP contribution in [0.5, 0.6) is 0 Å². The van der Waals surface area contributed by atoms with Crippen molar-refractivity contribution in [1.82, 2.24) is 4.90 Å². The van der Waals surface area contributed by atoms with Crippen molar-refractivity contribution in [2.24, 2.45) is 11.7 Å². The van der Waals surface area contributed by atoms with Gasteiger partial charge in [0.05, 0.1) is 0 Å². The topological polar surface area (TPSA) is 29.3 Å². The van der Waals surface area contributed by atoms with Crippen molar-refractivity contribution < 1.29 is 0 Å². The predicted molar refractivity (Wildman–Crippen MR) is 77.8 cm³/mol. The molecule has 2 nitrogen and oxygen atoms in total. The maximum Gasteiger partial charge on any atom is 0.0453 e. The van der Waals surface area contributed by atoms with Crippen LogP contribution < -0.4 is 5.73 Å². The van der Waals surface area contributed by atoms with Crippen LogP contribution in [0.15, 0.2) is 24.3 Å². The summed E-state index contributed by atoms with van der Waals surface area (Å²) in [6, 6.07) is 9.13. The van der Waals surface area contributed by atoms with E-state index in [9.17, 15) is 0 Å². The van der Waals surface area contributed by atoms with Crippen LogP contribution in [0.4, 0.5) is 0 Å². The summed E-state index contributed by atoms with van der Waals surface area (Å²) in [5, 5.41) is 0.868. The summed E-state index contributed by atoms with van der Waals surface area (Å²) in [5.41, 5.74) is 7.05. The number of nitrogens with zero attached hydrogens (tertiary/aromatic N) is 1. The lowest BCUT2D eigenvalue weighted by atomic mass is 9.91. The maximum atomic E-state index is 6.30. The molecule has 1 aromatic carbocycles. The molecule has 0 aliphatic carbocycles. The van der Waals surface area contributed by atoms with Crippen LogP contribution in [0, 0.1) is 5.92 Å². The van der Waals surface area contributed by atoms with E-state index in [2.05, 4.69) is 30.9 Å². The van der Waals surface area contributed by atoms with E-state index < -0.39 is 0 Å². The number of hydrogen-bond donors (Lipinski definition) is 1. The first kappa shape index (κ1) is 13.9. The number of likely N-dealkylation sites (tertiary alicyclic amines) is 1. The van der Waals surface area contributed by atoms with Gasteiger partial charge in [-0.05, 0) is 50.8 Å². The van der Waals surface area contributed by atoms with Crippen LogP contribution >= 0.6 is 11.6 Å². The summed E-state index contributed by atoms with van der Waals surface area (Å²) in [6.07, 6.45) is 2.49. The molecule has 1 aliphatic heterocycles. The van der Waals surface area contributed by atoms with E-state index in [0.717, 1.165) is 18.1 Å². The minimum atomic E-state index is 0.364. The predicted octanol–water partition coefficient (Wildman–Crippen LogP) is 3.46. The van der Waals surface area contributed by atoms with Crippen molar-refractivity contribution >= 4 is 11.6 Å². The van der Waals surface area contributed by atoms with E-state index in [-0.39, 0.29) is 0 Å². The van der Waals surface area contributed by atoms with Gasteiger partial charge in [-0.25, -0.2) is 0 Å². The second kappa shape index (κ2) is 6.05. The van der Waals surface area contributed by atoms with Gasteiger partial charge < -0.3 is 5.73 Å². The Bertz CT molecular complexity index is 394. The summed E-state index contributed by atoms with van der Waals surface area (Å²) in [6.45, 7) is 6.43. The lowest BCUT2D eigenvalue weighted by molar-refractivity contribution is 0.0813. The Kier molecular flexibility index (Phi) is 4.66. The van der Waals surface area contributed by atoms with Gasteiger partial charge in [0.25, 0.3) is 0 Å². The van der Waals surface area contributed by atoms with Gasteiger partial charge in [-0.3, -0.25) is 4.90 Å². The molecule has 0 bridgehead atoms. The molecule has 0 aromatic heterocycles. The van der Waals surface area contributed by atoms with Gasteiger partial charge in [-0.15, -0.1) is 0 Å². The molecular weight excluding hydrogens is 244 g/mol. The normalized spacial score (nSPS) is 27.1. The molecule has 0 amide bonds. The molecule has 3 unspecified atom stereocenters. The van der Waals surface area contributed by atoms with Gasteiger partial charge in [-0.1, -0.05) is 29.8 Å². The smallest absolute Gasteiger partial charge is 0.0453 e. The fourth-order valence-corrected chi connectivity index (χ4v) is 3.23. The molecule has 1 aliphatic rings. The van der Waals surface area contributed by atoms with Crippen molar-refractivity contribution in [3.63, 3.8) is 0 Å². The molecule has 0 saturated carbocycles. The van der Waals surface area contributed by atoms with Crippen LogP contribution in [0.3, 0.4) is 0 Å². The monoisotopic (exact) mass is 266 g/mol. The fraction of sp³-hybridized carbons (Fsp3) is 0.600. The second-order valence-corrected chi connectivity index (χ2v) is 5.83. The number of piperidine rings is 1. The third-order valence-electron chi connectivity index (χ3n) is 4.21. The first-order chi connectivity index (χ1) is 8.63. The van der Waals surface area contributed by atoms with Gasteiger partial charge in [0.2, 0.25) is 0 Å². The standard InChI is InChI=1S/C15H23ClN2/c1-11-7-8-13(9-17)10-18(11)12(2)14-5-3-4-6-15(14)16/h3-6,11-13H,7-10,17H2,1-2H3. The summed E-state index contributed by atoms with van der Waals surface area (Å²) < 4.78 is 0. The van der Waals surface area contributed by atoms with Crippen molar-refractivity contribution in [1.29, 1.82) is 0 Å². The Labute approximate surface area is 115 Å². The van der Waals surface area contributed by atoms with E-state index >= 15 is 0 Å². The Hall–Kier alpha value is -0.570. The first-order valence-corrected chi connectivity index (χ1v) is 7.21. The maximum absolute atomic E-state index is 6.30. The summed E-state index contributed by atoms with van der Waals surface area (Å²) in [4.78, 5) is 2.54. The molecule has 2 rings (SSSR count). The van der Waals surface area contributed by atoms with Crippen LogP contribution in [0.25, 0.3) is 0 Å². The van der Waals surface area contributed by atoms with Gasteiger partial charge in [-0.2, -0.15) is 0 Å². The Balaban J connectivity index is 2.16. The second-order valence-electron chi connectivity index (χ2n) is 5.42. The molecule has 3 atom stereocenters. The van der Waals surface area contributed by atoms with Crippen molar-refractivity contribution in [2.45, 2.75) is 38.8 Å². The van der Waals surface area contributed by atoms with E-state index in [4.69, 9.17) is 17.3 Å². The van der Waals surface area contributed by atoms with Crippen LogP contribution in [-0.2, 0) is 0 Å². The molecule has 18 heavy (non-hydrogen) atoms. The minimum absolute atomic E-state index is 0.364. The van der Waals surface area contributed by atoms with E-state index in [1.54, 1.807) is 0 Å². The van der Waals surface area contributed by atoms with Crippen molar-refractivity contribution in [3.8, 4) is 0 Å². The van der Waals surface area contributed by atoms with Gasteiger partial charge in [0, 0.05) is 23.7 Å². The highest BCUT2D eigenvalue weighted by atomic mass is 35.5. The molecule has 1 heterocycles. The summed E-state index contributed by atoms with van der Waals surface area (Å²) in [5.74, 6) is 0.631. The van der Waals surface area contributed by atoms with Crippen molar-refractivity contribution in [2.75, 3.05) is 13.1 Å². The molecule has 1 fully saturated rings. The number of nitrogens with two attached hydrogens (primary N) is 1. The van der Waals surface area contributed by atoms with E-state index in [1.165, 1.54) is 18.4 Å². The van der Waals surface area contributed by atoms with Gasteiger partial charge in [0.15, 0.2) is 0 Å². The molecule has 1 aromatic rings. The highest BCUT2D eigenvalue weighted by Gasteiger charge is 2.29. The van der Waals surface area contributed by atoms with Crippen LogP contribution in [0.1, 0.15) is 38.3 Å². The fourth-order valence-electron chi connectivity index (χ4n) is 2.94. The quantitative estimate of drug-likeness (QED) is 0.908. The van der Waals surface area contributed by atoms with E-state index in [0.29, 0.717) is 18.0 Å². The molecular formula is C15H23ClN2. The first-order valence-electron chi connectivity index (χ1n) is 6.83. The third kappa shape index (κ3) is 2.87.